The number of aliphatic hydroxyl groups excluding tert-OH is 1. The van der Waals surface area contributed by atoms with Crippen LogP contribution in [0.2, 0.25) is 0 Å². The predicted octanol–water partition coefficient (Wildman–Crippen LogP) is 2.19. The van der Waals surface area contributed by atoms with Gasteiger partial charge < -0.3 is 15.2 Å². The molecule has 0 aromatic heterocycles. The van der Waals surface area contributed by atoms with Crippen LogP contribution in [0.5, 0.6) is 5.75 Å². The number of nitrogens with zero attached hydrogens (tertiary/aromatic N) is 1. The van der Waals surface area contributed by atoms with Crippen molar-refractivity contribution in [1.29, 1.82) is 0 Å². The number of benzene rings is 1. The number of aryl methyl sites for hydroxylation is 1. The Hall–Kier alpha value is -1.59. The van der Waals surface area contributed by atoms with Gasteiger partial charge in [-0.1, -0.05) is 6.42 Å². The summed E-state index contributed by atoms with van der Waals surface area (Å²) in [7, 11) is 0. The van der Waals surface area contributed by atoms with Gasteiger partial charge in [0.05, 0.1) is 0 Å². The fourth-order valence-electron chi connectivity index (χ4n) is 3.56. The topological polar surface area (TPSA) is 61.8 Å². The lowest BCUT2D eigenvalue weighted by Gasteiger charge is -2.35. The molecule has 5 nitrogen and oxygen atoms in total. The Morgan fingerprint density at radius 3 is 3.09 bits per heavy atom. The Morgan fingerprint density at radius 1 is 1.30 bits per heavy atom. The van der Waals surface area contributed by atoms with E-state index in [0.29, 0.717) is 19.1 Å². The van der Waals surface area contributed by atoms with Gasteiger partial charge in [0, 0.05) is 31.3 Å². The van der Waals surface area contributed by atoms with E-state index < -0.39 is 0 Å². The number of carbonyl (C=O) groups excluding carboxylic acids is 1. The quantitative estimate of drug-likeness (QED) is 0.844. The first-order chi connectivity index (χ1) is 11.3. The van der Waals surface area contributed by atoms with Gasteiger partial charge in [-0.05, 0) is 56.0 Å². The van der Waals surface area contributed by atoms with Crippen LogP contribution < -0.4 is 10.1 Å². The smallest absolute Gasteiger partial charge is 0.224 e. The highest BCUT2D eigenvalue weighted by Crippen LogP contribution is 2.27. The van der Waals surface area contributed by atoms with Gasteiger partial charge in [0.25, 0.3) is 0 Å². The average Bonchev–Trinajstić information content (AvgIpc) is 2.57. The number of nitrogens with one attached hydrogen (secondary N) is 1. The minimum atomic E-state index is 0.0891. The molecule has 0 aliphatic carbocycles. The number of aliphatic hydroxyl groups is 1. The Kier molecular flexibility index (Phi) is 5.51. The highest BCUT2D eigenvalue weighted by atomic mass is 16.5. The third-order valence-corrected chi connectivity index (χ3v) is 4.83. The zero-order valence-electron chi connectivity index (χ0n) is 13.6. The molecule has 5 heteroatoms. The van der Waals surface area contributed by atoms with Crippen LogP contribution in [-0.4, -0.2) is 48.3 Å². The summed E-state index contributed by atoms with van der Waals surface area (Å²) in [4.78, 5) is 13.8. The molecular formula is C18H26N2O3. The molecule has 1 amide bonds. The van der Waals surface area contributed by atoms with Crippen molar-refractivity contribution >= 4 is 11.6 Å². The first kappa shape index (κ1) is 16.3. The highest BCUT2D eigenvalue weighted by Gasteiger charge is 2.21. The number of carbonyl (C=O) groups is 1. The van der Waals surface area contributed by atoms with Crippen molar-refractivity contribution < 1.29 is 14.6 Å². The molecule has 23 heavy (non-hydrogen) atoms. The van der Waals surface area contributed by atoms with E-state index in [9.17, 15) is 9.90 Å². The van der Waals surface area contributed by atoms with Gasteiger partial charge in [0.15, 0.2) is 0 Å². The molecule has 3 rings (SSSR count). The van der Waals surface area contributed by atoms with Crippen molar-refractivity contribution in [1.82, 2.24) is 4.90 Å². The van der Waals surface area contributed by atoms with E-state index in [1.54, 1.807) is 0 Å². The first-order valence-corrected chi connectivity index (χ1v) is 8.67. The standard InChI is InChI=1S/C18H26N2O3/c21-11-8-15-3-1-2-9-20(15)10-12-23-16-5-6-17-14(13-16)4-7-18(22)19-17/h5-6,13,15,21H,1-4,7-12H2,(H,19,22). The molecule has 0 bridgehead atoms. The highest BCUT2D eigenvalue weighted by molar-refractivity contribution is 5.93. The fraction of sp³-hybridized carbons (Fsp3) is 0.611. The van der Waals surface area contributed by atoms with Crippen molar-refractivity contribution in [2.45, 2.75) is 44.6 Å². The van der Waals surface area contributed by atoms with Gasteiger partial charge in [-0.3, -0.25) is 9.69 Å². The number of likely N-dealkylation sites (tertiary alicyclic amines) is 1. The van der Waals surface area contributed by atoms with Crippen LogP contribution >= 0.6 is 0 Å². The van der Waals surface area contributed by atoms with Gasteiger partial charge in [0.2, 0.25) is 5.91 Å². The summed E-state index contributed by atoms with van der Waals surface area (Å²) in [6.45, 7) is 2.92. The number of anilines is 1. The zero-order chi connectivity index (χ0) is 16.1. The molecule has 1 unspecified atom stereocenters. The average molecular weight is 318 g/mol. The second kappa shape index (κ2) is 7.79. The predicted molar refractivity (Wildman–Crippen MR) is 89.8 cm³/mol. The third kappa shape index (κ3) is 4.24. The second-order valence-corrected chi connectivity index (χ2v) is 6.41. The first-order valence-electron chi connectivity index (χ1n) is 8.67. The number of fused-ring (bicyclic) bond motifs is 1. The van der Waals surface area contributed by atoms with Gasteiger partial charge in [0.1, 0.15) is 12.4 Å². The van der Waals surface area contributed by atoms with Crippen LogP contribution in [0, 0.1) is 0 Å². The Balaban J connectivity index is 1.51. The maximum absolute atomic E-state index is 11.4. The normalized spacial score (nSPS) is 21.6. The number of hydrogen-bond donors (Lipinski definition) is 2. The van der Waals surface area contributed by atoms with Crippen LogP contribution in [0.15, 0.2) is 18.2 Å². The molecule has 2 aliphatic heterocycles. The SMILES string of the molecule is O=C1CCc2cc(OCCN3CCCCC3CCO)ccc2N1. The molecule has 2 heterocycles. The Labute approximate surface area is 137 Å². The number of ether oxygens (including phenoxy) is 1. The largest absolute Gasteiger partial charge is 0.492 e. The molecule has 126 valence electrons. The van der Waals surface area contributed by atoms with Crippen LogP contribution in [0.25, 0.3) is 0 Å². The molecule has 1 atom stereocenters. The lowest BCUT2D eigenvalue weighted by Crippen LogP contribution is -2.42. The van der Waals surface area contributed by atoms with Gasteiger partial charge in [-0.15, -0.1) is 0 Å². The summed E-state index contributed by atoms with van der Waals surface area (Å²) in [5.41, 5.74) is 2.06. The zero-order valence-corrected chi connectivity index (χ0v) is 13.6. The summed E-state index contributed by atoms with van der Waals surface area (Å²) in [6.07, 6.45) is 5.87. The molecule has 0 radical (unpaired) electrons. The van der Waals surface area contributed by atoms with Gasteiger partial charge in [-0.2, -0.15) is 0 Å². The van der Waals surface area contributed by atoms with Crippen LogP contribution in [-0.2, 0) is 11.2 Å². The minimum absolute atomic E-state index is 0.0891. The molecule has 2 aliphatic rings. The van der Waals surface area contributed by atoms with E-state index in [0.717, 1.165) is 42.9 Å². The van der Waals surface area contributed by atoms with E-state index >= 15 is 0 Å². The van der Waals surface area contributed by atoms with Crippen LogP contribution in [0.3, 0.4) is 0 Å². The minimum Gasteiger partial charge on any atom is -0.492 e. The maximum atomic E-state index is 11.4. The lowest BCUT2D eigenvalue weighted by molar-refractivity contribution is -0.116. The summed E-state index contributed by atoms with van der Waals surface area (Å²) in [5.74, 6) is 0.960. The van der Waals surface area contributed by atoms with Crippen molar-refractivity contribution in [3.63, 3.8) is 0 Å². The van der Waals surface area contributed by atoms with Crippen LogP contribution in [0.1, 0.15) is 37.7 Å². The summed E-state index contributed by atoms with van der Waals surface area (Å²) in [6, 6.07) is 6.38. The Morgan fingerprint density at radius 2 is 2.22 bits per heavy atom. The van der Waals surface area contributed by atoms with E-state index in [1.807, 2.05) is 18.2 Å². The van der Waals surface area contributed by atoms with E-state index in [1.165, 1.54) is 19.3 Å². The molecule has 1 aromatic carbocycles. The van der Waals surface area contributed by atoms with Gasteiger partial charge in [-0.25, -0.2) is 0 Å². The molecular weight excluding hydrogens is 292 g/mol. The van der Waals surface area contributed by atoms with Crippen molar-refractivity contribution in [3.8, 4) is 5.75 Å². The van der Waals surface area contributed by atoms with Crippen molar-refractivity contribution in [2.75, 3.05) is 31.6 Å². The van der Waals surface area contributed by atoms with Crippen molar-refractivity contribution in [2.24, 2.45) is 0 Å². The summed E-state index contributed by atoms with van der Waals surface area (Å²) < 4.78 is 5.91. The Bertz CT molecular complexity index is 545. The second-order valence-electron chi connectivity index (χ2n) is 6.41. The molecule has 2 N–H and O–H groups in total. The molecule has 1 saturated heterocycles. The number of piperidine rings is 1. The molecule has 1 fully saturated rings. The monoisotopic (exact) mass is 318 g/mol. The van der Waals surface area contributed by atoms with E-state index in [2.05, 4.69) is 10.2 Å². The third-order valence-electron chi connectivity index (χ3n) is 4.83. The van der Waals surface area contributed by atoms with Gasteiger partial charge >= 0.3 is 0 Å². The maximum Gasteiger partial charge on any atom is 0.224 e. The lowest BCUT2D eigenvalue weighted by atomic mass is 10.00. The molecule has 1 aromatic rings. The number of amides is 1. The fourth-order valence-corrected chi connectivity index (χ4v) is 3.56. The summed E-state index contributed by atoms with van der Waals surface area (Å²) in [5, 5.41) is 12.1. The number of rotatable bonds is 6. The summed E-state index contributed by atoms with van der Waals surface area (Å²) >= 11 is 0. The van der Waals surface area contributed by atoms with Crippen LogP contribution in [0.4, 0.5) is 5.69 Å². The molecule has 0 spiro atoms. The number of hydrogen-bond acceptors (Lipinski definition) is 4. The van der Waals surface area contributed by atoms with E-state index in [-0.39, 0.29) is 12.5 Å². The van der Waals surface area contributed by atoms with E-state index in [4.69, 9.17) is 4.74 Å². The molecule has 0 saturated carbocycles. The van der Waals surface area contributed by atoms with Crippen molar-refractivity contribution in [3.05, 3.63) is 23.8 Å².